The minimum absolute atomic E-state index is 0.0384. The van der Waals surface area contributed by atoms with Gasteiger partial charge < -0.3 is 5.32 Å². The summed E-state index contributed by atoms with van der Waals surface area (Å²) < 4.78 is 25.7. The standard InChI is InChI=1S/C12H13F2NO/c13-10-1-8(2-11(14)5-10)3-12(16)4-9-6-15-7-9/h1-2,5,9,15H,3-4,6-7H2. The van der Waals surface area contributed by atoms with Crippen molar-refractivity contribution >= 4 is 5.78 Å². The molecule has 0 unspecified atom stereocenters. The quantitative estimate of drug-likeness (QED) is 0.844. The molecule has 0 bridgehead atoms. The predicted octanol–water partition coefficient (Wildman–Crippen LogP) is 1.69. The van der Waals surface area contributed by atoms with Crippen molar-refractivity contribution in [3.63, 3.8) is 0 Å². The first kappa shape index (κ1) is 11.2. The first-order chi connectivity index (χ1) is 7.63. The molecule has 1 aliphatic rings. The fourth-order valence-electron chi connectivity index (χ4n) is 1.83. The lowest BCUT2D eigenvalue weighted by molar-refractivity contribution is -0.119. The molecule has 1 heterocycles. The van der Waals surface area contributed by atoms with E-state index in [0.717, 1.165) is 19.2 Å². The highest BCUT2D eigenvalue weighted by molar-refractivity contribution is 5.81. The van der Waals surface area contributed by atoms with Crippen LogP contribution in [0, 0.1) is 17.6 Å². The van der Waals surface area contributed by atoms with E-state index in [-0.39, 0.29) is 12.2 Å². The van der Waals surface area contributed by atoms with Gasteiger partial charge in [0.1, 0.15) is 17.4 Å². The maximum absolute atomic E-state index is 12.9. The van der Waals surface area contributed by atoms with E-state index in [1.165, 1.54) is 12.1 Å². The summed E-state index contributed by atoms with van der Waals surface area (Å²) in [4.78, 5) is 11.6. The van der Waals surface area contributed by atoms with Gasteiger partial charge in [-0.3, -0.25) is 4.79 Å². The molecule has 0 atom stereocenters. The number of rotatable bonds is 4. The van der Waals surface area contributed by atoms with Gasteiger partial charge in [0.25, 0.3) is 0 Å². The van der Waals surface area contributed by atoms with Gasteiger partial charge in [-0.1, -0.05) is 0 Å². The molecule has 4 heteroatoms. The number of ketones is 1. The van der Waals surface area contributed by atoms with Crippen LogP contribution < -0.4 is 5.32 Å². The van der Waals surface area contributed by atoms with E-state index in [1.54, 1.807) is 0 Å². The van der Waals surface area contributed by atoms with Crippen LogP contribution in [0.5, 0.6) is 0 Å². The number of carbonyl (C=O) groups is 1. The Hall–Kier alpha value is -1.29. The summed E-state index contributed by atoms with van der Waals surface area (Å²) in [6.45, 7) is 1.73. The van der Waals surface area contributed by atoms with Crippen molar-refractivity contribution in [3.8, 4) is 0 Å². The number of hydrogen-bond acceptors (Lipinski definition) is 2. The fraction of sp³-hybridized carbons (Fsp3) is 0.417. The van der Waals surface area contributed by atoms with Crippen LogP contribution in [0.1, 0.15) is 12.0 Å². The molecule has 1 fully saturated rings. The van der Waals surface area contributed by atoms with E-state index >= 15 is 0 Å². The Kier molecular flexibility index (Phi) is 3.29. The van der Waals surface area contributed by atoms with Crippen molar-refractivity contribution in [2.24, 2.45) is 5.92 Å². The summed E-state index contributed by atoms with van der Waals surface area (Å²) in [5.41, 5.74) is 0.412. The summed E-state index contributed by atoms with van der Waals surface area (Å²) in [7, 11) is 0. The Labute approximate surface area is 92.7 Å². The molecule has 0 aromatic heterocycles. The second-order valence-corrected chi connectivity index (χ2v) is 4.22. The molecule has 2 nitrogen and oxygen atoms in total. The van der Waals surface area contributed by atoms with E-state index in [2.05, 4.69) is 5.32 Å². The maximum atomic E-state index is 12.9. The number of halogens is 2. The molecular weight excluding hydrogens is 212 g/mol. The summed E-state index contributed by atoms with van der Waals surface area (Å²) in [6.07, 6.45) is 0.607. The average Bonchev–Trinajstić information content (AvgIpc) is 2.09. The molecule has 1 aromatic rings. The molecular formula is C12H13F2NO. The van der Waals surface area contributed by atoms with Gasteiger partial charge in [-0.15, -0.1) is 0 Å². The minimum atomic E-state index is -0.631. The topological polar surface area (TPSA) is 29.1 Å². The zero-order valence-electron chi connectivity index (χ0n) is 8.80. The van der Waals surface area contributed by atoms with Crippen LogP contribution in [0.25, 0.3) is 0 Å². The van der Waals surface area contributed by atoms with Crippen molar-refractivity contribution in [3.05, 3.63) is 35.4 Å². The normalized spacial score (nSPS) is 15.9. The summed E-state index contributed by atoms with van der Waals surface area (Å²) >= 11 is 0. The van der Waals surface area contributed by atoms with Gasteiger partial charge in [-0.25, -0.2) is 8.78 Å². The van der Waals surface area contributed by atoms with E-state index in [9.17, 15) is 13.6 Å². The van der Waals surface area contributed by atoms with Crippen LogP contribution in [0.4, 0.5) is 8.78 Å². The van der Waals surface area contributed by atoms with E-state index in [1.807, 2.05) is 0 Å². The first-order valence-corrected chi connectivity index (χ1v) is 5.31. The molecule has 0 aliphatic carbocycles. The van der Waals surface area contributed by atoms with Crippen LogP contribution >= 0.6 is 0 Å². The second-order valence-electron chi connectivity index (χ2n) is 4.22. The van der Waals surface area contributed by atoms with Gasteiger partial charge in [-0.05, 0) is 36.7 Å². The Morgan fingerprint density at radius 3 is 2.38 bits per heavy atom. The summed E-state index contributed by atoms with van der Waals surface area (Å²) in [6, 6.07) is 3.23. The third-order valence-corrected chi connectivity index (χ3v) is 2.71. The molecule has 0 radical (unpaired) electrons. The number of nitrogens with one attached hydrogen (secondary N) is 1. The molecule has 0 spiro atoms. The minimum Gasteiger partial charge on any atom is -0.316 e. The molecule has 0 saturated carbocycles. The molecule has 2 rings (SSSR count). The largest absolute Gasteiger partial charge is 0.316 e. The molecule has 16 heavy (non-hydrogen) atoms. The van der Waals surface area contributed by atoms with Gasteiger partial charge in [0, 0.05) is 18.9 Å². The molecule has 0 amide bonds. The SMILES string of the molecule is O=C(Cc1cc(F)cc(F)c1)CC1CNC1. The number of Topliss-reactive ketones (excluding diaryl/α,β-unsaturated/α-hetero) is 1. The first-order valence-electron chi connectivity index (χ1n) is 5.31. The molecule has 1 N–H and O–H groups in total. The highest BCUT2D eigenvalue weighted by atomic mass is 19.1. The average molecular weight is 225 g/mol. The molecule has 1 aromatic carbocycles. The third-order valence-electron chi connectivity index (χ3n) is 2.71. The lowest BCUT2D eigenvalue weighted by Crippen LogP contribution is -2.43. The Morgan fingerprint density at radius 1 is 1.25 bits per heavy atom. The highest BCUT2D eigenvalue weighted by Gasteiger charge is 2.20. The number of benzene rings is 1. The van der Waals surface area contributed by atoms with Crippen molar-refractivity contribution in [1.29, 1.82) is 0 Å². The third kappa shape index (κ3) is 2.85. The maximum Gasteiger partial charge on any atom is 0.137 e. The van der Waals surface area contributed by atoms with Crippen LogP contribution in [0.15, 0.2) is 18.2 Å². The summed E-state index contributed by atoms with van der Waals surface area (Å²) in [5.74, 6) is -0.830. The van der Waals surface area contributed by atoms with Gasteiger partial charge in [0.15, 0.2) is 0 Å². The lowest BCUT2D eigenvalue weighted by Gasteiger charge is -2.26. The molecule has 1 aliphatic heterocycles. The highest BCUT2D eigenvalue weighted by Crippen LogP contribution is 2.13. The van der Waals surface area contributed by atoms with Crippen molar-refractivity contribution < 1.29 is 13.6 Å². The van der Waals surface area contributed by atoms with Gasteiger partial charge in [0.2, 0.25) is 0 Å². The zero-order chi connectivity index (χ0) is 11.5. The Morgan fingerprint density at radius 2 is 1.88 bits per heavy atom. The zero-order valence-corrected chi connectivity index (χ0v) is 8.80. The van der Waals surface area contributed by atoms with Crippen LogP contribution in [0.2, 0.25) is 0 Å². The van der Waals surface area contributed by atoms with Crippen LogP contribution in [0.3, 0.4) is 0 Å². The van der Waals surface area contributed by atoms with Crippen molar-refractivity contribution in [2.75, 3.05) is 13.1 Å². The number of carbonyl (C=O) groups excluding carboxylic acids is 1. The predicted molar refractivity (Wildman–Crippen MR) is 56.0 cm³/mol. The van der Waals surface area contributed by atoms with Crippen molar-refractivity contribution in [2.45, 2.75) is 12.8 Å². The van der Waals surface area contributed by atoms with E-state index in [4.69, 9.17) is 0 Å². The molecule has 86 valence electrons. The number of hydrogen-bond donors (Lipinski definition) is 1. The van der Waals surface area contributed by atoms with Gasteiger partial charge in [0.05, 0.1) is 0 Å². The Bertz CT molecular complexity index is 382. The lowest BCUT2D eigenvalue weighted by atomic mass is 9.94. The summed E-state index contributed by atoms with van der Waals surface area (Å²) in [5, 5.41) is 3.08. The van der Waals surface area contributed by atoms with E-state index in [0.29, 0.717) is 17.9 Å². The second kappa shape index (κ2) is 4.70. The van der Waals surface area contributed by atoms with Crippen LogP contribution in [-0.2, 0) is 11.2 Å². The van der Waals surface area contributed by atoms with Gasteiger partial charge in [-0.2, -0.15) is 0 Å². The Balaban J connectivity index is 1.94. The van der Waals surface area contributed by atoms with Gasteiger partial charge >= 0.3 is 0 Å². The monoisotopic (exact) mass is 225 g/mol. The van der Waals surface area contributed by atoms with Crippen LogP contribution in [-0.4, -0.2) is 18.9 Å². The van der Waals surface area contributed by atoms with E-state index < -0.39 is 11.6 Å². The molecule has 1 saturated heterocycles. The van der Waals surface area contributed by atoms with Crippen molar-refractivity contribution in [1.82, 2.24) is 5.32 Å². The smallest absolute Gasteiger partial charge is 0.137 e. The fourth-order valence-corrected chi connectivity index (χ4v) is 1.83.